The summed E-state index contributed by atoms with van der Waals surface area (Å²) in [6, 6.07) is 31.7. The highest BCUT2D eigenvalue weighted by atomic mass is 14.4. The third-order valence-corrected chi connectivity index (χ3v) is 7.65. The van der Waals surface area contributed by atoms with E-state index in [2.05, 4.69) is 111 Å². The molecule has 0 spiro atoms. The first-order valence-electron chi connectivity index (χ1n) is 12.2. The van der Waals surface area contributed by atoms with E-state index in [0.717, 1.165) is 0 Å². The summed E-state index contributed by atoms with van der Waals surface area (Å²) in [6.07, 6.45) is 9.55. The van der Waals surface area contributed by atoms with Crippen LogP contribution >= 0.6 is 0 Å². The molecule has 6 rings (SSSR count). The van der Waals surface area contributed by atoms with Gasteiger partial charge in [-0.25, -0.2) is 0 Å². The van der Waals surface area contributed by atoms with Gasteiger partial charge in [0.2, 0.25) is 0 Å². The maximum Gasteiger partial charge on any atom is 0.0159 e. The summed E-state index contributed by atoms with van der Waals surface area (Å²) in [5.74, 6) is 0. The van der Waals surface area contributed by atoms with Gasteiger partial charge >= 0.3 is 0 Å². The number of benzene rings is 4. The molecule has 0 aliphatic heterocycles. The standard InChI is InChI=1S/C33H30/c1-33(2)31-20-24(13-12-23-8-4-3-5-9-23)14-18-29(31)30-19-17-28(22-32(30)33)27-16-15-25-10-6-7-11-26(25)21-27/h3-5,8-9,12-22H,6-7,10-11H2,1-2H3/b13-12+. The van der Waals surface area contributed by atoms with Crippen molar-refractivity contribution in [2.45, 2.75) is 44.9 Å². The Balaban J connectivity index is 1.36. The molecule has 0 atom stereocenters. The fourth-order valence-corrected chi connectivity index (χ4v) is 5.71. The minimum absolute atomic E-state index is 0.00845. The monoisotopic (exact) mass is 426 g/mol. The summed E-state index contributed by atoms with van der Waals surface area (Å²) in [6.45, 7) is 4.75. The second-order valence-electron chi connectivity index (χ2n) is 10.1. The molecular weight excluding hydrogens is 396 g/mol. The minimum Gasteiger partial charge on any atom is -0.0622 e. The van der Waals surface area contributed by atoms with Crippen molar-refractivity contribution >= 4 is 12.2 Å². The average molecular weight is 427 g/mol. The van der Waals surface area contributed by atoms with Crippen molar-refractivity contribution in [3.05, 3.63) is 118 Å². The van der Waals surface area contributed by atoms with Crippen molar-refractivity contribution in [1.29, 1.82) is 0 Å². The van der Waals surface area contributed by atoms with Crippen LogP contribution in [0.1, 0.15) is 60.1 Å². The van der Waals surface area contributed by atoms with Crippen molar-refractivity contribution in [2.75, 3.05) is 0 Å². The summed E-state index contributed by atoms with van der Waals surface area (Å²) in [5.41, 5.74) is 13.9. The molecule has 0 unspecified atom stereocenters. The summed E-state index contributed by atoms with van der Waals surface area (Å²) in [5, 5.41) is 0. The summed E-state index contributed by atoms with van der Waals surface area (Å²) < 4.78 is 0. The molecule has 0 aromatic heterocycles. The molecule has 0 fully saturated rings. The lowest BCUT2D eigenvalue weighted by atomic mass is 9.81. The van der Waals surface area contributed by atoms with Gasteiger partial charge < -0.3 is 0 Å². The fraction of sp³-hybridized carbons (Fsp3) is 0.212. The highest BCUT2D eigenvalue weighted by Crippen LogP contribution is 2.50. The van der Waals surface area contributed by atoms with E-state index in [1.54, 1.807) is 11.1 Å². The average Bonchev–Trinajstić information content (AvgIpc) is 3.09. The second kappa shape index (κ2) is 7.89. The van der Waals surface area contributed by atoms with E-state index in [9.17, 15) is 0 Å². The van der Waals surface area contributed by atoms with Gasteiger partial charge in [0.15, 0.2) is 0 Å². The van der Waals surface area contributed by atoms with Gasteiger partial charge in [-0.05, 0) is 87.4 Å². The summed E-state index contributed by atoms with van der Waals surface area (Å²) >= 11 is 0. The quantitative estimate of drug-likeness (QED) is 0.287. The molecule has 2 aliphatic rings. The Kier molecular flexibility index (Phi) is 4.84. The Morgan fingerprint density at radius 1 is 0.576 bits per heavy atom. The second-order valence-corrected chi connectivity index (χ2v) is 10.1. The van der Waals surface area contributed by atoms with E-state index in [1.807, 2.05) is 0 Å². The Bertz CT molecular complexity index is 1370. The molecule has 0 radical (unpaired) electrons. The first kappa shape index (κ1) is 20.2. The maximum absolute atomic E-state index is 2.44. The lowest BCUT2D eigenvalue weighted by molar-refractivity contribution is 0.660. The van der Waals surface area contributed by atoms with E-state index in [4.69, 9.17) is 0 Å². The van der Waals surface area contributed by atoms with Crippen molar-refractivity contribution < 1.29 is 0 Å². The van der Waals surface area contributed by atoms with Crippen LogP contribution in [0.15, 0.2) is 84.9 Å². The summed E-state index contributed by atoms with van der Waals surface area (Å²) in [4.78, 5) is 0. The van der Waals surface area contributed by atoms with Crippen LogP contribution in [0.5, 0.6) is 0 Å². The molecule has 0 bridgehead atoms. The van der Waals surface area contributed by atoms with Gasteiger partial charge in [-0.2, -0.15) is 0 Å². The third-order valence-electron chi connectivity index (χ3n) is 7.65. The van der Waals surface area contributed by atoms with Crippen LogP contribution in [0.3, 0.4) is 0 Å². The van der Waals surface area contributed by atoms with Crippen molar-refractivity contribution in [1.82, 2.24) is 0 Å². The van der Waals surface area contributed by atoms with E-state index in [-0.39, 0.29) is 5.41 Å². The van der Waals surface area contributed by atoms with Gasteiger partial charge in [-0.15, -0.1) is 0 Å². The van der Waals surface area contributed by atoms with Crippen LogP contribution in [0.25, 0.3) is 34.4 Å². The SMILES string of the molecule is CC1(C)c2cc(/C=C/c3ccccc3)ccc2-c2ccc(-c3ccc4c(c3)CCCC4)cc21. The third kappa shape index (κ3) is 3.55. The molecule has 4 aromatic carbocycles. The maximum atomic E-state index is 2.44. The molecule has 0 nitrogen and oxygen atoms in total. The molecule has 0 N–H and O–H groups in total. The Morgan fingerprint density at radius 2 is 1.21 bits per heavy atom. The molecule has 2 aliphatic carbocycles. The predicted octanol–water partition coefficient (Wildman–Crippen LogP) is 8.71. The minimum atomic E-state index is -0.00845. The van der Waals surface area contributed by atoms with Gasteiger partial charge in [0.1, 0.15) is 0 Å². The number of hydrogen-bond donors (Lipinski definition) is 0. The lowest BCUT2D eigenvalue weighted by Crippen LogP contribution is -2.15. The van der Waals surface area contributed by atoms with Crippen LogP contribution in [-0.2, 0) is 18.3 Å². The number of rotatable bonds is 3. The molecule has 162 valence electrons. The van der Waals surface area contributed by atoms with Gasteiger partial charge in [0.05, 0.1) is 0 Å². The number of hydrogen-bond acceptors (Lipinski definition) is 0. The van der Waals surface area contributed by atoms with Crippen molar-refractivity contribution in [2.24, 2.45) is 0 Å². The highest BCUT2D eigenvalue weighted by Gasteiger charge is 2.35. The fourth-order valence-electron chi connectivity index (χ4n) is 5.71. The van der Waals surface area contributed by atoms with Crippen molar-refractivity contribution in [3.63, 3.8) is 0 Å². The van der Waals surface area contributed by atoms with Crippen LogP contribution in [0.4, 0.5) is 0 Å². The molecule has 33 heavy (non-hydrogen) atoms. The van der Waals surface area contributed by atoms with Gasteiger partial charge in [0, 0.05) is 5.41 Å². The molecule has 0 amide bonds. The molecule has 0 saturated carbocycles. The molecule has 0 saturated heterocycles. The molecule has 0 heterocycles. The number of fused-ring (bicyclic) bond motifs is 4. The summed E-state index contributed by atoms with van der Waals surface area (Å²) in [7, 11) is 0. The zero-order chi connectivity index (χ0) is 22.4. The Morgan fingerprint density at radius 3 is 2.03 bits per heavy atom. The predicted molar refractivity (Wildman–Crippen MR) is 141 cm³/mol. The van der Waals surface area contributed by atoms with Crippen LogP contribution < -0.4 is 0 Å². The molecular formula is C33H30. The highest BCUT2D eigenvalue weighted by molar-refractivity contribution is 5.85. The van der Waals surface area contributed by atoms with Gasteiger partial charge in [-0.3, -0.25) is 0 Å². The van der Waals surface area contributed by atoms with Gasteiger partial charge in [0.25, 0.3) is 0 Å². The van der Waals surface area contributed by atoms with Crippen molar-refractivity contribution in [3.8, 4) is 22.3 Å². The van der Waals surface area contributed by atoms with E-state index in [1.165, 1.54) is 70.2 Å². The van der Waals surface area contributed by atoms with E-state index < -0.39 is 0 Å². The largest absolute Gasteiger partial charge is 0.0622 e. The first-order valence-corrected chi connectivity index (χ1v) is 12.2. The normalized spacial score (nSPS) is 15.8. The lowest BCUT2D eigenvalue weighted by Gasteiger charge is -2.22. The molecule has 4 aromatic rings. The first-order chi connectivity index (χ1) is 16.1. The number of aryl methyl sites for hydroxylation is 2. The zero-order valence-electron chi connectivity index (χ0n) is 19.6. The van der Waals surface area contributed by atoms with Crippen LogP contribution in [0, 0.1) is 0 Å². The Labute approximate surface area is 197 Å². The van der Waals surface area contributed by atoms with E-state index in [0.29, 0.717) is 0 Å². The zero-order valence-corrected chi connectivity index (χ0v) is 19.6. The van der Waals surface area contributed by atoms with Gasteiger partial charge in [-0.1, -0.05) is 105 Å². The smallest absolute Gasteiger partial charge is 0.0159 e. The van der Waals surface area contributed by atoms with Crippen LogP contribution in [0.2, 0.25) is 0 Å². The topological polar surface area (TPSA) is 0 Å². The molecule has 0 heteroatoms. The Hall–Kier alpha value is -3.38. The van der Waals surface area contributed by atoms with Crippen LogP contribution in [-0.4, -0.2) is 0 Å². The van der Waals surface area contributed by atoms with E-state index >= 15 is 0 Å².